The summed E-state index contributed by atoms with van der Waals surface area (Å²) in [4.78, 5) is 0. The smallest absolute Gasteiger partial charge is 0.308 e. The van der Waals surface area contributed by atoms with Crippen LogP contribution < -0.4 is 0 Å². The molecule has 2 aromatic carbocycles. The lowest BCUT2D eigenvalue weighted by Gasteiger charge is -2.42. The van der Waals surface area contributed by atoms with E-state index in [-0.39, 0.29) is 16.4 Å². The van der Waals surface area contributed by atoms with Gasteiger partial charge in [-0.15, -0.1) is 0 Å². The molecule has 1 nitrogen and oxygen atoms in total. The molecule has 0 heterocycles. The van der Waals surface area contributed by atoms with Crippen molar-refractivity contribution in [3.05, 3.63) is 58.1 Å². The van der Waals surface area contributed by atoms with E-state index in [4.69, 9.17) is 5.41 Å². The van der Waals surface area contributed by atoms with Crippen molar-refractivity contribution in [2.45, 2.75) is 70.9 Å². The molecule has 0 amide bonds. The van der Waals surface area contributed by atoms with Crippen LogP contribution in [0, 0.1) is 5.41 Å². The summed E-state index contributed by atoms with van der Waals surface area (Å²) in [6.45, 7) is 10.3. The van der Waals surface area contributed by atoms with Crippen LogP contribution in [-0.4, -0.2) is 6.21 Å². The summed E-state index contributed by atoms with van der Waals surface area (Å²) in [7, 11) is 0. The van der Waals surface area contributed by atoms with Crippen LogP contribution >= 0.6 is 0 Å². The minimum Gasteiger partial charge on any atom is -0.308 e. The van der Waals surface area contributed by atoms with Crippen molar-refractivity contribution in [2.24, 2.45) is 0 Å². The molecule has 150 valence electrons. The molecule has 2 aromatic rings. The maximum Gasteiger partial charge on any atom is 0.417 e. The van der Waals surface area contributed by atoms with Gasteiger partial charge in [0.25, 0.3) is 0 Å². The molecule has 1 aliphatic carbocycles. The zero-order valence-corrected chi connectivity index (χ0v) is 17.2. The number of hydrogen-bond acceptors (Lipinski definition) is 1. The van der Waals surface area contributed by atoms with E-state index in [9.17, 15) is 13.2 Å². The minimum absolute atomic E-state index is 0.171. The van der Waals surface area contributed by atoms with Gasteiger partial charge in [-0.3, -0.25) is 0 Å². The molecule has 0 atom stereocenters. The van der Waals surface area contributed by atoms with E-state index in [1.165, 1.54) is 12.3 Å². The molecule has 0 saturated heterocycles. The fourth-order valence-corrected chi connectivity index (χ4v) is 4.31. The van der Waals surface area contributed by atoms with E-state index in [2.05, 4.69) is 13.8 Å². The van der Waals surface area contributed by atoms with Crippen LogP contribution in [0.2, 0.25) is 0 Å². The van der Waals surface area contributed by atoms with Crippen molar-refractivity contribution >= 4 is 6.21 Å². The third-order valence-electron chi connectivity index (χ3n) is 6.27. The molecule has 0 fully saturated rings. The summed E-state index contributed by atoms with van der Waals surface area (Å²) in [6, 6.07) is 8.51. The van der Waals surface area contributed by atoms with Crippen LogP contribution in [0.5, 0.6) is 0 Å². The van der Waals surface area contributed by atoms with Crippen LogP contribution in [0.15, 0.2) is 30.3 Å². The lowest BCUT2D eigenvalue weighted by atomic mass is 9.62. The number of benzene rings is 2. The number of halogens is 3. The van der Waals surface area contributed by atoms with E-state index in [1.807, 2.05) is 26.8 Å². The van der Waals surface area contributed by atoms with Crippen molar-refractivity contribution < 1.29 is 13.2 Å². The number of alkyl halides is 3. The zero-order valence-electron chi connectivity index (χ0n) is 17.2. The topological polar surface area (TPSA) is 23.9 Å². The normalized spacial score (nSPS) is 17.9. The van der Waals surface area contributed by atoms with Gasteiger partial charge in [0.2, 0.25) is 0 Å². The van der Waals surface area contributed by atoms with E-state index >= 15 is 0 Å². The van der Waals surface area contributed by atoms with Crippen molar-refractivity contribution in [3.8, 4) is 11.1 Å². The van der Waals surface area contributed by atoms with Crippen LogP contribution in [-0.2, 0) is 23.4 Å². The van der Waals surface area contributed by atoms with Gasteiger partial charge >= 0.3 is 6.18 Å². The van der Waals surface area contributed by atoms with Gasteiger partial charge < -0.3 is 5.41 Å². The largest absolute Gasteiger partial charge is 0.417 e. The summed E-state index contributed by atoms with van der Waals surface area (Å²) in [5.41, 5.74) is 3.07. The molecule has 0 aromatic heterocycles. The van der Waals surface area contributed by atoms with Crippen LogP contribution in [0.4, 0.5) is 13.2 Å². The van der Waals surface area contributed by atoms with E-state index < -0.39 is 11.7 Å². The summed E-state index contributed by atoms with van der Waals surface area (Å²) in [5.74, 6) is 0. The van der Waals surface area contributed by atoms with E-state index in [0.717, 1.165) is 29.5 Å². The van der Waals surface area contributed by atoms with Crippen molar-refractivity contribution in [1.82, 2.24) is 0 Å². The minimum atomic E-state index is -4.44. The highest BCUT2D eigenvalue weighted by Crippen LogP contribution is 2.50. The van der Waals surface area contributed by atoms with Crippen molar-refractivity contribution in [3.63, 3.8) is 0 Å². The van der Waals surface area contributed by atoms with Crippen molar-refractivity contribution in [2.75, 3.05) is 0 Å². The lowest BCUT2D eigenvalue weighted by molar-refractivity contribution is -0.137. The molecule has 4 heteroatoms. The first-order valence-corrected chi connectivity index (χ1v) is 9.80. The van der Waals surface area contributed by atoms with Crippen LogP contribution in [0.3, 0.4) is 0 Å². The van der Waals surface area contributed by atoms with Crippen molar-refractivity contribution in [1.29, 1.82) is 5.41 Å². The maximum atomic E-state index is 14.1. The van der Waals surface area contributed by atoms with Gasteiger partial charge in [-0.25, -0.2) is 0 Å². The summed E-state index contributed by atoms with van der Waals surface area (Å²) in [5, 5.41) is 7.53. The molecule has 0 bridgehead atoms. The Balaban J connectivity index is 2.41. The molecule has 0 radical (unpaired) electrons. The summed E-state index contributed by atoms with van der Waals surface area (Å²) >= 11 is 0. The average Bonchev–Trinajstić information content (AvgIpc) is 2.63. The Hall–Kier alpha value is -2.10. The second-order valence-corrected chi connectivity index (χ2v) is 9.12. The zero-order chi connectivity index (χ0) is 20.9. The Labute approximate surface area is 165 Å². The number of aryl methyl sites for hydroxylation is 1. The van der Waals surface area contributed by atoms with E-state index in [1.54, 1.807) is 18.2 Å². The first-order chi connectivity index (χ1) is 12.9. The fraction of sp³-hybridized carbons (Fsp3) is 0.458. The van der Waals surface area contributed by atoms with Gasteiger partial charge in [0, 0.05) is 6.21 Å². The van der Waals surface area contributed by atoms with Gasteiger partial charge in [-0.2, -0.15) is 13.2 Å². The van der Waals surface area contributed by atoms with Gasteiger partial charge in [0.15, 0.2) is 0 Å². The highest BCUT2D eigenvalue weighted by atomic mass is 19.4. The first-order valence-electron chi connectivity index (χ1n) is 9.80. The lowest BCUT2D eigenvalue weighted by Crippen LogP contribution is -2.34. The quantitative estimate of drug-likeness (QED) is 0.535. The third kappa shape index (κ3) is 3.49. The van der Waals surface area contributed by atoms with Crippen LogP contribution in [0.1, 0.15) is 75.3 Å². The fourth-order valence-electron chi connectivity index (χ4n) is 4.31. The molecular weight excluding hydrogens is 359 g/mol. The Morgan fingerprint density at radius 3 is 2.00 bits per heavy atom. The average molecular weight is 387 g/mol. The van der Waals surface area contributed by atoms with Gasteiger partial charge in [0.1, 0.15) is 0 Å². The van der Waals surface area contributed by atoms with Gasteiger partial charge in [0.05, 0.1) is 5.56 Å². The molecular formula is C24H28F3N. The summed E-state index contributed by atoms with van der Waals surface area (Å²) < 4.78 is 42.4. The first kappa shape index (κ1) is 20.6. The second kappa shape index (κ2) is 6.75. The molecule has 0 aliphatic heterocycles. The SMILES string of the molecule is CCc1ccc(C=N)cc1-c1cc2c(cc1C(F)(F)F)C(C)(C)CCC2(C)C. The number of nitrogens with one attached hydrogen (secondary N) is 1. The number of rotatable bonds is 3. The molecule has 3 rings (SSSR count). The number of fused-ring (bicyclic) bond motifs is 1. The second-order valence-electron chi connectivity index (χ2n) is 9.12. The monoisotopic (exact) mass is 387 g/mol. The molecule has 0 saturated carbocycles. The predicted octanol–water partition coefficient (Wildman–Crippen LogP) is 7.28. The molecule has 0 unspecified atom stereocenters. The molecule has 1 aliphatic rings. The molecule has 0 spiro atoms. The maximum absolute atomic E-state index is 14.1. The third-order valence-corrected chi connectivity index (χ3v) is 6.27. The Morgan fingerprint density at radius 2 is 1.50 bits per heavy atom. The summed E-state index contributed by atoms with van der Waals surface area (Å²) in [6.07, 6.45) is -0.807. The Morgan fingerprint density at radius 1 is 0.929 bits per heavy atom. The Kier molecular flexibility index (Phi) is 4.97. The standard InChI is InChI=1S/C24H28F3N/c1-6-16-8-7-15(14-28)11-17(16)18-12-20-21(13-19(18)24(25,26)27)23(4,5)10-9-22(20,2)3/h7-8,11-14,28H,6,9-10H2,1-5H3. The van der Waals surface area contributed by atoms with Gasteiger partial charge in [-0.05, 0) is 81.7 Å². The van der Waals surface area contributed by atoms with Crippen LogP contribution in [0.25, 0.3) is 11.1 Å². The highest BCUT2D eigenvalue weighted by molar-refractivity contribution is 5.83. The predicted molar refractivity (Wildman–Crippen MR) is 109 cm³/mol. The highest BCUT2D eigenvalue weighted by Gasteiger charge is 2.42. The Bertz CT molecular complexity index is 920. The van der Waals surface area contributed by atoms with E-state index in [0.29, 0.717) is 17.5 Å². The number of hydrogen-bond donors (Lipinski definition) is 1. The molecule has 28 heavy (non-hydrogen) atoms. The molecule has 1 N–H and O–H groups in total. The van der Waals surface area contributed by atoms with Gasteiger partial charge in [-0.1, -0.05) is 46.8 Å².